The second-order valence-electron chi connectivity index (χ2n) is 4.61. The number of benzene rings is 2. The van der Waals surface area contributed by atoms with E-state index in [1.54, 1.807) is 0 Å². The number of rotatable bonds is 2. The van der Waals surface area contributed by atoms with Gasteiger partial charge in [-0.25, -0.2) is 0 Å². The van der Waals surface area contributed by atoms with Gasteiger partial charge in [-0.1, -0.05) is 54.1 Å². The number of halogens is 3. The van der Waals surface area contributed by atoms with Crippen molar-refractivity contribution in [3.8, 4) is 11.1 Å². The molecule has 2 nitrogen and oxygen atoms in total. The van der Waals surface area contributed by atoms with Crippen LogP contribution in [0.1, 0.15) is 11.1 Å². The van der Waals surface area contributed by atoms with Crippen LogP contribution in [0.15, 0.2) is 48.5 Å². The summed E-state index contributed by atoms with van der Waals surface area (Å²) >= 11 is 0. The van der Waals surface area contributed by atoms with Crippen molar-refractivity contribution in [2.45, 2.75) is 18.9 Å². The molecule has 0 radical (unpaired) electrons. The SMILES string of the molecule is Cc1ccc(-c2ccc(C(O)(O)C(F)(F)F)cc2)cc1. The molecule has 20 heavy (non-hydrogen) atoms. The van der Waals surface area contributed by atoms with Gasteiger partial charge in [0, 0.05) is 5.56 Å². The number of hydrogen-bond donors (Lipinski definition) is 2. The average molecular weight is 282 g/mol. The molecule has 0 fully saturated rings. The van der Waals surface area contributed by atoms with Crippen molar-refractivity contribution in [1.29, 1.82) is 0 Å². The van der Waals surface area contributed by atoms with Crippen LogP contribution in [-0.2, 0) is 5.79 Å². The third kappa shape index (κ3) is 2.69. The average Bonchev–Trinajstić information content (AvgIpc) is 2.38. The van der Waals surface area contributed by atoms with Crippen LogP contribution in [0.5, 0.6) is 0 Å². The Bertz CT molecular complexity index is 584. The van der Waals surface area contributed by atoms with E-state index in [-0.39, 0.29) is 0 Å². The Balaban J connectivity index is 2.33. The Hall–Kier alpha value is -1.85. The van der Waals surface area contributed by atoms with E-state index < -0.39 is 17.5 Å². The lowest BCUT2D eigenvalue weighted by atomic mass is 9.99. The summed E-state index contributed by atoms with van der Waals surface area (Å²) in [4.78, 5) is 0. The Morgan fingerprint density at radius 3 is 1.55 bits per heavy atom. The molecule has 0 aliphatic heterocycles. The molecule has 0 aliphatic carbocycles. The molecule has 0 spiro atoms. The van der Waals surface area contributed by atoms with Crippen LogP contribution in [-0.4, -0.2) is 16.4 Å². The van der Waals surface area contributed by atoms with Crippen molar-refractivity contribution in [2.75, 3.05) is 0 Å². The van der Waals surface area contributed by atoms with Crippen molar-refractivity contribution in [2.24, 2.45) is 0 Å². The highest BCUT2D eigenvalue weighted by atomic mass is 19.4. The van der Waals surface area contributed by atoms with Crippen LogP contribution in [0.4, 0.5) is 13.2 Å². The Morgan fingerprint density at radius 1 is 0.750 bits per heavy atom. The van der Waals surface area contributed by atoms with Crippen LogP contribution in [0.3, 0.4) is 0 Å². The highest BCUT2D eigenvalue weighted by molar-refractivity contribution is 5.64. The first kappa shape index (κ1) is 14.6. The lowest BCUT2D eigenvalue weighted by Gasteiger charge is -2.24. The normalized spacial score (nSPS) is 12.5. The maximum Gasteiger partial charge on any atom is 0.447 e. The van der Waals surface area contributed by atoms with Crippen molar-refractivity contribution >= 4 is 0 Å². The van der Waals surface area contributed by atoms with Gasteiger partial charge < -0.3 is 10.2 Å². The minimum Gasteiger partial charge on any atom is -0.355 e. The van der Waals surface area contributed by atoms with E-state index in [9.17, 15) is 13.2 Å². The topological polar surface area (TPSA) is 40.5 Å². The van der Waals surface area contributed by atoms with E-state index >= 15 is 0 Å². The molecule has 2 rings (SSSR count). The molecule has 106 valence electrons. The van der Waals surface area contributed by atoms with E-state index in [4.69, 9.17) is 10.2 Å². The first-order chi connectivity index (χ1) is 9.22. The summed E-state index contributed by atoms with van der Waals surface area (Å²) < 4.78 is 37.5. The van der Waals surface area contributed by atoms with Crippen molar-refractivity contribution in [3.63, 3.8) is 0 Å². The zero-order valence-corrected chi connectivity index (χ0v) is 10.6. The molecule has 0 bridgehead atoms. The summed E-state index contributed by atoms with van der Waals surface area (Å²) in [7, 11) is 0. The van der Waals surface area contributed by atoms with Gasteiger partial charge in [-0.05, 0) is 18.1 Å². The van der Waals surface area contributed by atoms with Crippen LogP contribution >= 0.6 is 0 Å². The molecule has 0 aliphatic rings. The molecular weight excluding hydrogens is 269 g/mol. The molecule has 0 heterocycles. The van der Waals surface area contributed by atoms with E-state index in [2.05, 4.69) is 0 Å². The Morgan fingerprint density at radius 2 is 1.15 bits per heavy atom. The third-order valence-electron chi connectivity index (χ3n) is 3.07. The van der Waals surface area contributed by atoms with Gasteiger partial charge in [0.2, 0.25) is 0 Å². The first-order valence-corrected chi connectivity index (χ1v) is 5.91. The summed E-state index contributed by atoms with van der Waals surface area (Å²) in [5.41, 5.74) is 2.01. The zero-order valence-electron chi connectivity index (χ0n) is 10.6. The van der Waals surface area contributed by atoms with Crippen LogP contribution in [0.25, 0.3) is 11.1 Å². The van der Waals surface area contributed by atoms with Crippen LogP contribution in [0.2, 0.25) is 0 Å². The van der Waals surface area contributed by atoms with E-state index in [1.165, 1.54) is 12.1 Å². The number of aliphatic hydroxyl groups is 2. The van der Waals surface area contributed by atoms with Crippen molar-refractivity contribution < 1.29 is 23.4 Å². The van der Waals surface area contributed by atoms with Crippen LogP contribution in [0, 0.1) is 6.92 Å². The third-order valence-corrected chi connectivity index (χ3v) is 3.07. The first-order valence-electron chi connectivity index (χ1n) is 5.91. The molecule has 0 atom stereocenters. The molecule has 0 saturated carbocycles. The highest BCUT2D eigenvalue weighted by Crippen LogP contribution is 2.37. The maximum absolute atomic E-state index is 12.5. The minimum atomic E-state index is -5.14. The monoisotopic (exact) mass is 282 g/mol. The molecule has 5 heteroatoms. The number of aryl methyl sites for hydroxylation is 1. The second-order valence-corrected chi connectivity index (χ2v) is 4.61. The fourth-order valence-electron chi connectivity index (χ4n) is 1.80. The van der Waals surface area contributed by atoms with E-state index in [1.807, 2.05) is 31.2 Å². The maximum atomic E-state index is 12.5. The summed E-state index contributed by atoms with van der Waals surface area (Å²) in [6, 6.07) is 12.4. The number of hydrogen-bond acceptors (Lipinski definition) is 2. The smallest absolute Gasteiger partial charge is 0.355 e. The van der Waals surface area contributed by atoms with Crippen LogP contribution < -0.4 is 0 Å². The Labute approximate surface area is 114 Å². The van der Waals surface area contributed by atoms with Gasteiger partial charge in [-0.2, -0.15) is 13.2 Å². The molecule has 0 saturated heterocycles. The van der Waals surface area contributed by atoms with Gasteiger partial charge in [0.25, 0.3) is 5.79 Å². The quantitative estimate of drug-likeness (QED) is 0.829. The van der Waals surface area contributed by atoms with Gasteiger partial charge >= 0.3 is 6.18 Å². The van der Waals surface area contributed by atoms with Gasteiger partial charge in [0.15, 0.2) is 0 Å². The fourth-order valence-corrected chi connectivity index (χ4v) is 1.80. The molecule has 0 aromatic heterocycles. The van der Waals surface area contributed by atoms with Gasteiger partial charge in [-0.15, -0.1) is 0 Å². The minimum absolute atomic E-state index is 0.610. The Kier molecular flexibility index (Phi) is 3.58. The number of alkyl halides is 3. The molecule has 2 aromatic rings. The predicted molar refractivity (Wildman–Crippen MR) is 68.8 cm³/mol. The van der Waals surface area contributed by atoms with Gasteiger partial charge in [-0.3, -0.25) is 0 Å². The molecule has 0 amide bonds. The van der Waals surface area contributed by atoms with Gasteiger partial charge in [0.1, 0.15) is 0 Å². The summed E-state index contributed by atoms with van der Waals surface area (Å²) in [6.45, 7) is 1.93. The largest absolute Gasteiger partial charge is 0.447 e. The van der Waals surface area contributed by atoms with Crippen molar-refractivity contribution in [1.82, 2.24) is 0 Å². The molecular formula is C15H13F3O2. The van der Waals surface area contributed by atoms with Gasteiger partial charge in [0.05, 0.1) is 0 Å². The fraction of sp³-hybridized carbons (Fsp3) is 0.200. The van der Waals surface area contributed by atoms with E-state index in [0.29, 0.717) is 5.56 Å². The second kappa shape index (κ2) is 4.92. The summed E-state index contributed by atoms with van der Waals surface area (Å²) in [5, 5.41) is 18.3. The lowest BCUT2D eigenvalue weighted by molar-refractivity contribution is -0.358. The summed E-state index contributed by atoms with van der Waals surface area (Å²) in [5.74, 6) is -3.83. The highest BCUT2D eigenvalue weighted by Gasteiger charge is 2.54. The van der Waals surface area contributed by atoms with Crippen molar-refractivity contribution in [3.05, 3.63) is 59.7 Å². The predicted octanol–water partition coefficient (Wildman–Crippen LogP) is 3.36. The zero-order chi connectivity index (χ0) is 15.0. The molecule has 0 unspecified atom stereocenters. The summed E-state index contributed by atoms with van der Waals surface area (Å²) in [6.07, 6.45) is -5.14. The molecule has 2 aromatic carbocycles. The lowest BCUT2D eigenvalue weighted by Crippen LogP contribution is -2.41. The van der Waals surface area contributed by atoms with E-state index in [0.717, 1.165) is 23.3 Å². The molecule has 2 N–H and O–H groups in total. The standard InChI is InChI=1S/C15H13F3O2/c1-10-2-4-11(5-3-10)12-6-8-13(9-7-12)14(19,20)15(16,17)18/h2-9,19-20H,1H3.